The molecule has 0 spiro atoms. The van der Waals surface area contributed by atoms with E-state index < -0.39 is 30.7 Å². The molecule has 0 aliphatic rings. The first-order valence-electron chi connectivity index (χ1n) is 8.79. The largest absolute Gasteiger partial charge is 0.313 e. The average molecular weight is 409 g/mol. The van der Waals surface area contributed by atoms with E-state index in [1.54, 1.807) is 0 Å². The Morgan fingerprint density at radius 2 is 1.00 bits per heavy atom. The number of nitrogens with zero attached hydrogens (tertiary/aromatic N) is 3. The van der Waals surface area contributed by atoms with Gasteiger partial charge in [0, 0.05) is 15.9 Å². The second-order valence-corrected chi connectivity index (χ2v) is 9.18. The zero-order chi connectivity index (χ0) is 20.3. The van der Waals surface area contributed by atoms with Crippen LogP contribution in [0.1, 0.15) is 0 Å². The van der Waals surface area contributed by atoms with Crippen molar-refractivity contribution in [2.45, 2.75) is 0 Å². The zero-order valence-corrected chi connectivity index (χ0v) is 16.0. The molecule has 3 aromatic carbocycles. The highest BCUT2D eigenvalue weighted by Crippen LogP contribution is 2.49. The molecule has 1 heterocycles. The molecule has 0 unspecified atom stereocenters. The summed E-state index contributed by atoms with van der Waals surface area (Å²) in [5, 5.41) is 2.41. The van der Waals surface area contributed by atoms with Gasteiger partial charge < -0.3 is 0 Å². The SMILES string of the molecule is Fc1nc(F)c(F)c(N=P(c2ccccc2)(c2ccccc2)c2ccccc2)n1. The quantitative estimate of drug-likeness (QED) is 0.278. The summed E-state index contributed by atoms with van der Waals surface area (Å²) in [7, 11) is -2.88. The summed E-state index contributed by atoms with van der Waals surface area (Å²) < 4.78 is 46.7. The van der Waals surface area contributed by atoms with E-state index in [1.807, 2.05) is 91.0 Å². The maximum Gasteiger partial charge on any atom is 0.313 e. The fourth-order valence-electron chi connectivity index (χ4n) is 3.14. The molecule has 7 heteroatoms. The Bertz CT molecular complexity index is 1080. The van der Waals surface area contributed by atoms with Crippen LogP contribution in [-0.2, 0) is 0 Å². The Balaban J connectivity index is 2.18. The summed E-state index contributed by atoms with van der Waals surface area (Å²) in [5.74, 6) is -3.58. The van der Waals surface area contributed by atoms with Gasteiger partial charge in [0.05, 0.1) is 7.05 Å². The van der Waals surface area contributed by atoms with Crippen molar-refractivity contribution in [1.82, 2.24) is 9.97 Å². The van der Waals surface area contributed by atoms with Crippen molar-refractivity contribution in [2.24, 2.45) is 4.74 Å². The zero-order valence-electron chi connectivity index (χ0n) is 15.1. The Labute approximate surface area is 166 Å². The van der Waals surface area contributed by atoms with Gasteiger partial charge in [-0.25, -0.2) is 4.74 Å². The van der Waals surface area contributed by atoms with Crippen LogP contribution in [0.5, 0.6) is 0 Å². The van der Waals surface area contributed by atoms with Gasteiger partial charge in [-0.05, 0) is 0 Å². The van der Waals surface area contributed by atoms with Crippen molar-refractivity contribution in [3.63, 3.8) is 0 Å². The third-order valence-corrected chi connectivity index (χ3v) is 8.03. The summed E-state index contributed by atoms with van der Waals surface area (Å²) in [6.45, 7) is 0. The van der Waals surface area contributed by atoms with Crippen molar-refractivity contribution < 1.29 is 13.2 Å². The predicted molar refractivity (Wildman–Crippen MR) is 109 cm³/mol. The predicted octanol–water partition coefficient (Wildman–Crippen LogP) is 4.70. The van der Waals surface area contributed by atoms with Gasteiger partial charge in [-0.3, -0.25) is 0 Å². The smallest absolute Gasteiger partial charge is 0.232 e. The van der Waals surface area contributed by atoms with E-state index in [9.17, 15) is 13.2 Å². The molecule has 0 atom stereocenters. The highest BCUT2D eigenvalue weighted by Gasteiger charge is 2.29. The van der Waals surface area contributed by atoms with Crippen LogP contribution >= 0.6 is 7.05 Å². The number of hydrogen-bond acceptors (Lipinski definition) is 3. The highest BCUT2D eigenvalue weighted by molar-refractivity contribution is 7.87. The summed E-state index contributed by atoms with van der Waals surface area (Å²) >= 11 is 0. The number of rotatable bonds is 4. The Morgan fingerprint density at radius 1 is 0.586 bits per heavy atom. The topological polar surface area (TPSA) is 38.1 Å². The van der Waals surface area contributed by atoms with E-state index in [4.69, 9.17) is 0 Å². The lowest BCUT2D eigenvalue weighted by Crippen LogP contribution is -2.25. The molecule has 0 fully saturated rings. The first-order valence-corrected chi connectivity index (χ1v) is 10.5. The molecular weight excluding hydrogens is 394 g/mol. The van der Waals surface area contributed by atoms with Crippen molar-refractivity contribution in [3.8, 4) is 0 Å². The van der Waals surface area contributed by atoms with Gasteiger partial charge in [0.2, 0.25) is 5.82 Å². The molecule has 4 rings (SSSR count). The van der Waals surface area contributed by atoms with Crippen LogP contribution in [0.3, 0.4) is 0 Å². The number of halogens is 3. The van der Waals surface area contributed by atoms with Gasteiger partial charge in [-0.1, -0.05) is 91.0 Å². The standard InChI is InChI=1S/C22H15F3N3P/c23-19-20(24)26-22(25)27-21(19)28-29(16-10-4-1-5-11-16,17-12-6-2-7-13-17)18-14-8-3-9-15-18/h1-15H. The van der Waals surface area contributed by atoms with Gasteiger partial charge >= 0.3 is 6.08 Å². The van der Waals surface area contributed by atoms with Crippen LogP contribution in [0.2, 0.25) is 0 Å². The lowest BCUT2D eigenvalue weighted by Gasteiger charge is -2.26. The second kappa shape index (κ2) is 8.02. The molecule has 3 nitrogen and oxygen atoms in total. The Morgan fingerprint density at radius 3 is 1.41 bits per heavy atom. The second-order valence-electron chi connectivity index (χ2n) is 6.16. The lowest BCUT2D eigenvalue weighted by molar-refractivity contribution is 0.429. The number of benzene rings is 3. The molecular formula is C22H15F3N3P. The molecule has 0 saturated heterocycles. The van der Waals surface area contributed by atoms with E-state index in [1.165, 1.54) is 0 Å². The Hall–Kier alpha value is -3.24. The van der Waals surface area contributed by atoms with Gasteiger partial charge in [0.1, 0.15) is 0 Å². The van der Waals surface area contributed by atoms with Gasteiger partial charge in [0.15, 0.2) is 5.82 Å². The van der Waals surface area contributed by atoms with Crippen molar-refractivity contribution in [1.29, 1.82) is 0 Å². The van der Waals surface area contributed by atoms with Crippen LogP contribution < -0.4 is 15.9 Å². The molecule has 0 amide bonds. The first-order chi connectivity index (χ1) is 14.1. The van der Waals surface area contributed by atoms with E-state index in [0.29, 0.717) is 0 Å². The molecule has 29 heavy (non-hydrogen) atoms. The maximum atomic E-state index is 14.5. The fraction of sp³-hybridized carbons (Fsp3) is 0. The minimum Gasteiger partial charge on any atom is -0.232 e. The van der Waals surface area contributed by atoms with Gasteiger partial charge in [0.25, 0.3) is 5.95 Å². The summed E-state index contributed by atoms with van der Waals surface area (Å²) in [4.78, 5) is 6.28. The summed E-state index contributed by atoms with van der Waals surface area (Å²) in [6.07, 6.45) is -1.37. The van der Waals surface area contributed by atoms with E-state index in [0.717, 1.165) is 15.9 Å². The molecule has 0 saturated carbocycles. The monoisotopic (exact) mass is 409 g/mol. The minimum absolute atomic E-state index is 0.639. The third-order valence-electron chi connectivity index (χ3n) is 4.40. The van der Waals surface area contributed by atoms with Crippen molar-refractivity contribution >= 4 is 28.8 Å². The molecule has 144 valence electrons. The van der Waals surface area contributed by atoms with Gasteiger partial charge in [-0.15, -0.1) is 0 Å². The first kappa shape index (κ1) is 19.1. The Kier molecular flexibility index (Phi) is 5.28. The maximum absolute atomic E-state index is 14.5. The molecule has 1 aromatic heterocycles. The summed E-state index contributed by atoms with van der Waals surface area (Å²) in [6, 6.07) is 27.9. The van der Waals surface area contributed by atoms with Crippen molar-refractivity contribution in [3.05, 3.63) is 109 Å². The molecule has 4 aromatic rings. The number of hydrogen-bond donors (Lipinski definition) is 0. The highest BCUT2D eigenvalue weighted by atomic mass is 31.2. The third kappa shape index (κ3) is 3.59. The molecule has 0 aliphatic heterocycles. The minimum atomic E-state index is -2.88. The van der Waals surface area contributed by atoms with Crippen LogP contribution in [0.25, 0.3) is 0 Å². The lowest BCUT2D eigenvalue weighted by atomic mass is 10.4. The van der Waals surface area contributed by atoms with Crippen LogP contribution in [0.15, 0.2) is 95.7 Å². The normalized spacial score (nSPS) is 11.3. The average Bonchev–Trinajstić information content (AvgIpc) is 2.77. The van der Waals surface area contributed by atoms with Gasteiger partial charge in [-0.2, -0.15) is 23.1 Å². The van der Waals surface area contributed by atoms with E-state index in [-0.39, 0.29) is 0 Å². The van der Waals surface area contributed by atoms with Crippen LogP contribution in [0.4, 0.5) is 19.0 Å². The number of aromatic nitrogens is 2. The molecule has 0 radical (unpaired) electrons. The van der Waals surface area contributed by atoms with Crippen LogP contribution in [-0.4, -0.2) is 9.97 Å². The molecule has 0 aliphatic carbocycles. The van der Waals surface area contributed by atoms with Crippen molar-refractivity contribution in [2.75, 3.05) is 0 Å². The fourth-order valence-corrected chi connectivity index (χ4v) is 6.61. The van der Waals surface area contributed by atoms with E-state index in [2.05, 4.69) is 14.7 Å². The van der Waals surface area contributed by atoms with E-state index >= 15 is 0 Å². The molecule has 0 N–H and O–H groups in total. The molecule has 0 bridgehead atoms. The summed E-state index contributed by atoms with van der Waals surface area (Å²) in [5.41, 5.74) is 0. The van der Waals surface area contributed by atoms with Crippen LogP contribution in [0, 0.1) is 17.8 Å².